The second kappa shape index (κ2) is 6.77. The number of carbonyl (C=O) groups is 1. The van der Waals surface area contributed by atoms with Gasteiger partial charge in [0.25, 0.3) is 0 Å². The smallest absolute Gasteiger partial charge is 0.334 e. The van der Waals surface area contributed by atoms with Gasteiger partial charge >= 0.3 is 5.97 Å². The predicted molar refractivity (Wildman–Crippen MR) is 66.6 cm³/mol. The predicted octanol–water partition coefficient (Wildman–Crippen LogP) is 1.25. The van der Waals surface area contributed by atoms with Crippen LogP contribution in [0.4, 0.5) is 0 Å². The van der Waals surface area contributed by atoms with E-state index in [9.17, 15) is 9.90 Å². The van der Waals surface area contributed by atoms with Crippen molar-refractivity contribution in [2.24, 2.45) is 5.41 Å². The van der Waals surface area contributed by atoms with E-state index in [2.05, 4.69) is 11.9 Å². The van der Waals surface area contributed by atoms with Gasteiger partial charge in [-0.3, -0.25) is 0 Å². The van der Waals surface area contributed by atoms with Crippen LogP contribution in [0.15, 0.2) is 12.2 Å². The zero-order valence-electron chi connectivity index (χ0n) is 10.6. The fourth-order valence-corrected chi connectivity index (χ4v) is 2.30. The van der Waals surface area contributed by atoms with E-state index < -0.39 is 0 Å². The molecule has 0 atom stereocenters. The quantitative estimate of drug-likeness (QED) is 0.520. The van der Waals surface area contributed by atoms with Crippen molar-refractivity contribution in [2.45, 2.75) is 32.6 Å². The summed E-state index contributed by atoms with van der Waals surface area (Å²) >= 11 is 0. The number of hydrogen-bond acceptors (Lipinski definition) is 4. The lowest BCUT2D eigenvalue weighted by Crippen LogP contribution is -2.36. The molecule has 0 amide bonds. The van der Waals surface area contributed by atoms with Gasteiger partial charge in [0.15, 0.2) is 0 Å². The van der Waals surface area contributed by atoms with Crippen LogP contribution in [0.3, 0.4) is 0 Å². The molecule has 1 fully saturated rings. The summed E-state index contributed by atoms with van der Waals surface area (Å²) in [5.41, 5.74) is 0.451. The van der Waals surface area contributed by atoms with Crippen molar-refractivity contribution in [3.63, 3.8) is 0 Å². The fourth-order valence-electron chi connectivity index (χ4n) is 2.30. The highest BCUT2D eigenvalue weighted by Gasteiger charge is 2.32. The van der Waals surface area contributed by atoms with Gasteiger partial charge in [-0.25, -0.2) is 4.79 Å². The van der Waals surface area contributed by atoms with E-state index in [0.29, 0.717) is 18.7 Å². The monoisotopic (exact) mass is 241 g/mol. The molecule has 0 heterocycles. The van der Waals surface area contributed by atoms with Gasteiger partial charge in [-0.1, -0.05) is 19.4 Å². The SMILES string of the molecule is C=C(CNCC1(CO)CCCC1)C(=O)OCC. The molecule has 4 nitrogen and oxygen atoms in total. The third kappa shape index (κ3) is 4.13. The summed E-state index contributed by atoms with van der Waals surface area (Å²) in [7, 11) is 0. The first kappa shape index (κ1) is 14.2. The normalized spacial score (nSPS) is 18.0. The van der Waals surface area contributed by atoms with Crippen LogP contribution in [-0.2, 0) is 9.53 Å². The molecule has 0 aliphatic heterocycles. The number of nitrogens with one attached hydrogen (secondary N) is 1. The van der Waals surface area contributed by atoms with Crippen LogP contribution in [-0.4, -0.2) is 37.4 Å². The number of carbonyl (C=O) groups excluding carboxylic acids is 1. The first-order valence-electron chi connectivity index (χ1n) is 6.30. The van der Waals surface area contributed by atoms with Crippen LogP contribution in [0.25, 0.3) is 0 Å². The summed E-state index contributed by atoms with van der Waals surface area (Å²) in [6.07, 6.45) is 4.48. The average Bonchev–Trinajstić information content (AvgIpc) is 2.78. The molecule has 2 N–H and O–H groups in total. The molecule has 1 rings (SSSR count). The van der Waals surface area contributed by atoms with Gasteiger partial charge in [0, 0.05) is 30.7 Å². The third-order valence-corrected chi connectivity index (χ3v) is 3.40. The number of aliphatic hydroxyl groups excluding tert-OH is 1. The highest BCUT2D eigenvalue weighted by Crippen LogP contribution is 2.36. The topological polar surface area (TPSA) is 58.6 Å². The lowest BCUT2D eigenvalue weighted by Gasteiger charge is -2.26. The molecule has 0 aromatic heterocycles. The van der Waals surface area contributed by atoms with Gasteiger partial charge in [-0.15, -0.1) is 0 Å². The maximum Gasteiger partial charge on any atom is 0.334 e. The van der Waals surface area contributed by atoms with Crippen LogP contribution >= 0.6 is 0 Å². The van der Waals surface area contributed by atoms with Crippen molar-refractivity contribution < 1.29 is 14.6 Å². The van der Waals surface area contributed by atoms with Crippen molar-refractivity contribution in [3.05, 3.63) is 12.2 Å². The van der Waals surface area contributed by atoms with Gasteiger partial charge in [0.05, 0.1) is 6.61 Å². The minimum Gasteiger partial charge on any atom is -0.463 e. The van der Waals surface area contributed by atoms with Gasteiger partial charge in [-0.05, 0) is 19.8 Å². The Labute approximate surface area is 103 Å². The Balaban J connectivity index is 2.27. The first-order valence-corrected chi connectivity index (χ1v) is 6.30. The molecule has 0 bridgehead atoms. The van der Waals surface area contributed by atoms with E-state index in [1.54, 1.807) is 6.92 Å². The van der Waals surface area contributed by atoms with E-state index in [0.717, 1.165) is 19.4 Å². The Morgan fingerprint density at radius 1 is 1.47 bits per heavy atom. The summed E-state index contributed by atoms with van der Waals surface area (Å²) in [4.78, 5) is 11.3. The van der Waals surface area contributed by atoms with Crippen LogP contribution in [0.1, 0.15) is 32.6 Å². The fraction of sp³-hybridized carbons (Fsp3) is 0.769. The standard InChI is InChI=1S/C13H23NO3/c1-3-17-12(16)11(2)8-14-9-13(10-15)6-4-5-7-13/h14-15H,2-10H2,1H3. The van der Waals surface area contributed by atoms with Gasteiger partial charge < -0.3 is 15.2 Å². The molecule has 1 aliphatic carbocycles. The second-order valence-corrected chi connectivity index (χ2v) is 4.79. The van der Waals surface area contributed by atoms with E-state index in [-0.39, 0.29) is 18.0 Å². The van der Waals surface area contributed by atoms with Crippen LogP contribution in [0, 0.1) is 5.41 Å². The molecule has 0 unspecified atom stereocenters. The van der Waals surface area contributed by atoms with Crippen LogP contribution < -0.4 is 5.32 Å². The number of esters is 1. The van der Waals surface area contributed by atoms with Crippen LogP contribution in [0.5, 0.6) is 0 Å². The first-order chi connectivity index (χ1) is 8.13. The number of hydrogen-bond donors (Lipinski definition) is 2. The van der Waals surface area contributed by atoms with Crippen molar-refractivity contribution in [1.29, 1.82) is 0 Å². The van der Waals surface area contributed by atoms with Crippen LogP contribution in [0.2, 0.25) is 0 Å². The van der Waals surface area contributed by atoms with Gasteiger partial charge in [-0.2, -0.15) is 0 Å². The van der Waals surface area contributed by atoms with Gasteiger partial charge in [0.2, 0.25) is 0 Å². The molecule has 1 aliphatic rings. The zero-order chi connectivity index (χ0) is 12.7. The lowest BCUT2D eigenvalue weighted by molar-refractivity contribution is -0.138. The maximum absolute atomic E-state index is 11.3. The largest absolute Gasteiger partial charge is 0.463 e. The number of ether oxygens (including phenoxy) is 1. The molecule has 0 saturated heterocycles. The Bertz CT molecular complexity index is 270. The van der Waals surface area contributed by atoms with E-state index >= 15 is 0 Å². The zero-order valence-corrected chi connectivity index (χ0v) is 10.6. The Hall–Kier alpha value is -0.870. The molecule has 98 valence electrons. The third-order valence-electron chi connectivity index (χ3n) is 3.40. The molecule has 4 heteroatoms. The minimum absolute atomic E-state index is 0.00887. The van der Waals surface area contributed by atoms with E-state index in [1.165, 1.54) is 12.8 Å². The summed E-state index contributed by atoms with van der Waals surface area (Å²) in [6, 6.07) is 0. The summed E-state index contributed by atoms with van der Waals surface area (Å²) in [5.74, 6) is -0.343. The van der Waals surface area contributed by atoms with Crippen molar-refractivity contribution >= 4 is 5.97 Å². The Morgan fingerprint density at radius 3 is 2.65 bits per heavy atom. The second-order valence-electron chi connectivity index (χ2n) is 4.79. The highest BCUT2D eigenvalue weighted by atomic mass is 16.5. The minimum atomic E-state index is -0.343. The summed E-state index contributed by atoms with van der Waals surface area (Å²) < 4.78 is 4.85. The average molecular weight is 241 g/mol. The molecular weight excluding hydrogens is 218 g/mol. The molecule has 0 aromatic carbocycles. The van der Waals surface area contributed by atoms with Crippen molar-refractivity contribution in [2.75, 3.05) is 26.3 Å². The van der Waals surface area contributed by atoms with Gasteiger partial charge in [0.1, 0.15) is 0 Å². The molecule has 17 heavy (non-hydrogen) atoms. The number of aliphatic hydroxyl groups is 1. The summed E-state index contributed by atoms with van der Waals surface area (Å²) in [5, 5.41) is 12.6. The molecule has 0 aromatic rings. The molecule has 0 spiro atoms. The van der Waals surface area contributed by atoms with Crippen molar-refractivity contribution in [1.82, 2.24) is 5.32 Å². The van der Waals surface area contributed by atoms with E-state index in [4.69, 9.17) is 4.74 Å². The van der Waals surface area contributed by atoms with Crippen molar-refractivity contribution in [3.8, 4) is 0 Å². The number of rotatable bonds is 7. The lowest BCUT2D eigenvalue weighted by atomic mass is 9.87. The molecule has 0 radical (unpaired) electrons. The molecular formula is C13H23NO3. The highest BCUT2D eigenvalue weighted by molar-refractivity contribution is 5.88. The van der Waals surface area contributed by atoms with E-state index in [1.807, 2.05) is 0 Å². The maximum atomic E-state index is 11.3. The Kier molecular flexibility index (Phi) is 5.65. The Morgan fingerprint density at radius 2 is 2.12 bits per heavy atom. The summed E-state index contributed by atoms with van der Waals surface area (Å²) in [6.45, 7) is 7.22. The molecule has 1 saturated carbocycles.